The number of piperazine rings is 1. The van der Waals surface area contributed by atoms with Crippen LogP contribution in [-0.4, -0.2) is 55.4 Å². The third-order valence-corrected chi connectivity index (χ3v) is 5.47. The third-order valence-electron chi connectivity index (χ3n) is 3.61. The summed E-state index contributed by atoms with van der Waals surface area (Å²) in [5, 5.41) is 0. The zero-order valence-corrected chi connectivity index (χ0v) is 12.4. The van der Waals surface area contributed by atoms with Crippen LogP contribution in [0.25, 0.3) is 0 Å². The number of likely N-dealkylation sites (N-methyl/N-ethyl adjacent to an activating group) is 1. The van der Waals surface area contributed by atoms with Gasteiger partial charge in [-0.05, 0) is 20.0 Å². The van der Waals surface area contributed by atoms with Crippen molar-refractivity contribution >= 4 is 10.0 Å². The predicted octanol–water partition coefficient (Wildman–Crippen LogP) is -0.0972. The minimum absolute atomic E-state index is 0.353. The Bertz CT molecular complexity index is 508. The van der Waals surface area contributed by atoms with E-state index in [2.05, 4.69) is 4.90 Å². The highest BCUT2D eigenvalue weighted by molar-refractivity contribution is 7.89. The second kappa shape index (κ2) is 5.62. The Labute approximate surface area is 114 Å². The Morgan fingerprint density at radius 1 is 1.26 bits per heavy atom. The number of nitrogens with zero attached hydrogens (tertiary/aromatic N) is 3. The largest absolute Gasteiger partial charge is 0.349 e. The number of rotatable bonds is 4. The van der Waals surface area contributed by atoms with Crippen LogP contribution in [0.4, 0.5) is 0 Å². The van der Waals surface area contributed by atoms with E-state index in [4.69, 9.17) is 5.73 Å². The van der Waals surface area contributed by atoms with Gasteiger partial charge in [0.15, 0.2) is 0 Å². The Morgan fingerprint density at radius 2 is 1.89 bits per heavy atom. The Balaban J connectivity index is 2.26. The molecule has 0 radical (unpaired) electrons. The second-order valence-electron chi connectivity index (χ2n) is 4.86. The van der Waals surface area contributed by atoms with Crippen molar-refractivity contribution in [2.75, 3.05) is 33.2 Å². The molecule has 0 saturated carbocycles. The van der Waals surface area contributed by atoms with Crippen molar-refractivity contribution in [2.24, 2.45) is 5.73 Å². The summed E-state index contributed by atoms with van der Waals surface area (Å²) < 4.78 is 28.5. The van der Waals surface area contributed by atoms with E-state index in [0.29, 0.717) is 24.5 Å². The molecule has 0 spiro atoms. The summed E-state index contributed by atoms with van der Waals surface area (Å²) >= 11 is 0. The first-order valence-electron chi connectivity index (χ1n) is 6.57. The number of sulfonamides is 1. The van der Waals surface area contributed by atoms with Gasteiger partial charge in [0, 0.05) is 51.2 Å². The van der Waals surface area contributed by atoms with Crippen molar-refractivity contribution in [1.82, 2.24) is 13.8 Å². The third kappa shape index (κ3) is 2.84. The van der Waals surface area contributed by atoms with Crippen molar-refractivity contribution < 1.29 is 8.42 Å². The van der Waals surface area contributed by atoms with Gasteiger partial charge in [0.1, 0.15) is 4.90 Å². The molecule has 0 unspecified atom stereocenters. The van der Waals surface area contributed by atoms with Gasteiger partial charge in [-0.1, -0.05) is 0 Å². The predicted molar refractivity (Wildman–Crippen MR) is 74.3 cm³/mol. The minimum Gasteiger partial charge on any atom is -0.349 e. The standard InChI is InChI=1S/C12H22N4O2S/c1-3-15-10-12(8-11(15)9-13)19(17,18)16-6-4-14(2)5-7-16/h8,10H,3-7,9,13H2,1-2H3. The van der Waals surface area contributed by atoms with Gasteiger partial charge in [-0.15, -0.1) is 0 Å². The number of hydrogen-bond acceptors (Lipinski definition) is 4. The first-order valence-corrected chi connectivity index (χ1v) is 8.01. The van der Waals surface area contributed by atoms with Crippen LogP contribution < -0.4 is 5.73 Å². The molecule has 108 valence electrons. The van der Waals surface area contributed by atoms with Crippen LogP contribution in [0.2, 0.25) is 0 Å². The van der Waals surface area contributed by atoms with Crippen LogP contribution in [-0.2, 0) is 23.1 Å². The van der Waals surface area contributed by atoms with Crippen LogP contribution in [0.1, 0.15) is 12.6 Å². The van der Waals surface area contributed by atoms with Gasteiger partial charge in [-0.3, -0.25) is 0 Å². The molecule has 1 aromatic heterocycles. The number of nitrogens with two attached hydrogens (primary N) is 1. The zero-order valence-electron chi connectivity index (χ0n) is 11.5. The topological polar surface area (TPSA) is 71.6 Å². The molecule has 2 N–H and O–H groups in total. The lowest BCUT2D eigenvalue weighted by atomic mass is 10.4. The molecule has 0 atom stereocenters. The van der Waals surface area contributed by atoms with Crippen molar-refractivity contribution in [3.8, 4) is 0 Å². The van der Waals surface area contributed by atoms with Crippen molar-refractivity contribution in [3.05, 3.63) is 18.0 Å². The molecule has 0 bridgehead atoms. The summed E-state index contributed by atoms with van der Waals surface area (Å²) in [4.78, 5) is 2.49. The van der Waals surface area contributed by atoms with E-state index in [-0.39, 0.29) is 0 Å². The smallest absolute Gasteiger partial charge is 0.244 e. The highest BCUT2D eigenvalue weighted by Crippen LogP contribution is 2.20. The van der Waals surface area contributed by atoms with E-state index >= 15 is 0 Å². The second-order valence-corrected chi connectivity index (χ2v) is 6.80. The Hall–Kier alpha value is -0.890. The van der Waals surface area contributed by atoms with Crippen LogP contribution in [0.5, 0.6) is 0 Å². The van der Waals surface area contributed by atoms with E-state index in [1.807, 2.05) is 18.5 Å². The van der Waals surface area contributed by atoms with E-state index in [0.717, 1.165) is 25.3 Å². The fourth-order valence-electron chi connectivity index (χ4n) is 2.31. The first-order chi connectivity index (χ1) is 8.98. The molecule has 0 aliphatic carbocycles. The van der Waals surface area contributed by atoms with Crippen LogP contribution in [0.3, 0.4) is 0 Å². The molecule has 1 aromatic rings. The maximum absolute atomic E-state index is 12.5. The lowest BCUT2D eigenvalue weighted by Gasteiger charge is -2.31. The van der Waals surface area contributed by atoms with Crippen molar-refractivity contribution in [1.29, 1.82) is 0 Å². The van der Waals surface area contributed by atoms with E-state index in [9.17, 15) is 8.42 Å². The lowest BCUT2D eigenvalue weighted by molar-refractivity contribution is 0.222. The summed E-state index contributed by atoms with van der Waals surface area (Å²) in [7, 11) is -1.37. The van der Waals surface area contributed by atoms with Crippen LogP contribution in [0, 0.1) is 0 Å². The number of aryl methyl sites for hydroxylation is 1. The van der Waals surface area contributed by atoms with Crippen LogP contribution >= 0.6 is 0 Å². The highest BCUT2D eigenvalue weighted by atomic mass is 32.2. The van der Waals surface area contributed by atoms with Gasteiger partial charge in [0.25, 0.3) is 0 Å². The van der Waals surface area contributed by atoms with E-state index in [1.165, 1.54) is 0 Å². The number of aromatic nitrogens is 1. The minimum atomic E-state index is -3.38. The molecule has 0 amide bonds. The van der Waals surface area contributed by atoms with E-state index in [1.54, 1.807) is 16.6 Å². The average molecular weight is 286 g/mol. The molecule has 19 heavy (non-hydrogen) atoms. The fourth-order valence-corrected chi connectivity index (χ4v) is 3.80. The van der Waals surface area contributed by atoms with Crippen molar-refractivity contribution in [2.45, 2.75) is 24.9 Å². The molecule has 1 saturated heterocycles. The highest BCUT2D eigenvalue weighted by Gasteiger charge is 2.28. The monoisotopic (exact) mass is 286 g/mol. The fraction of sp³-hybridized carbons (Fsp3) is 0.667. The summed E-state index contributed by atoms with van der Waals surface area (Å²) in [6.45, 7) is 5.71. The van der Waals surface area contributed by atoms with Gasteiger partial charge in [-0.25, -0.2) is 8.42 Å². The summed E-state index contributed by atoms with van der Waals surface area (Å²) in [6.07, 6.45) is 1.69. The zero-order chi connectivity index (χ0) is 14.0. The van der Waals surface area contributed by atoms with E-state index < -0.39 is 10.0 Å². The van der Waals surface area contributed by atoms with Crippen LogP contribution in [0.15, 0.2) is 17.2 Å². The Morgan fingerprint density at radius 3 is 2.37 bits per heavy atom. The van der Waals surface area contributed by atoms with Crippen molar-refractivity contribution in [3.63, 3.8) is 0 Å². The summed E-state index contributed by atoms with van der Waals surface area (Å²) in [5.41, 5.74) is 6.50. The van der Waals surface area contributed by atoms with Gasteiger partial charge in [0.05, 0.1) is 0 Å². The van der Waals surface area contributed by atoms with Gasteiger partial charge in [-0.2, -0.15) is 4.31 Å². The van der Waals surface area contributed by atoms with Gasteiger partial charge < -0.3 is 15.2 Å². The molecule has 2 heterocycles. The molecule has 1 aliphatic heterocycles. The maximum Gasteiger partial charge on any atom is 0.244 e. The normalized spacial score (nSPS) is 18.9. The average Bonchev–Trinajstić information content (AvgIpc) is 2.83. The Kier molecular flexibility index (Phi) is 4.29. The molecule has 7 heteroatoms. The summed E-state index contributed by atoms with van der Waals surface area (Å²) in [5.74, 6) is 0. The quantitative estimate of drug-likeness (QED) is 0.839. The molecule has 1 aliphatic rings. The first kappa shape index (κ1) is 14.5. The molecular weight excluding hydrogens is 264 g/mol. The molecule has 0 aromatic carbocycles. The molecule has 2 rings (SSSR count). The van der Waals surface area contributed by atoms with Gasteiger partial charge in [0.2, 0.25) is 10.0 Å². The number of hydrogen-bond donors (Lipinski definition) is 1. The molecule has 6 nitrogen and oxygen atoms in total. The van der Waals surface area contributed by atoms with Gasteiger partial charge >= 0.3 is 0 Å². The maximum atomic E-state index is 12.5. The SMILES string of the molecule is CCn1cc(S(=O)(=O)N2CCN(C)CC2)cc1CN. The molecule has 1 fully saturated rings. The lowest BCUT2D eigenvalue weighted by Crippen LogP contribution is -2.46. The summed E-state index contributed by atoms with van der Waals surface area (Å²) in [6, 6.07) is 1.69. The molecular formula is C12H22N4O2S.